The molecule has 0 aromatic carbocycles. The molecule has 0 saturated carbocycles. The molecule has 0 amide bonds. The summed E-state index contributed by atoms with van der Waals surface area (Å²) >= 11 is 3.33. The second kappa shape index (κ2) is 5.86. The molecular formula is C6H15NSSn. The summed E-state index contributed by atoms with van der Waals surface area (Å²) in [5, 5.41) is 0. The zero-order valence-corrected chi connectivity index (χ0v) is 10.2. The second-order valence-electron chi connectivity index (χ2n) is 2.33. The Morgan fingerprint density at radius 1 is 1.56 bits per heavy atom. The molecule has 0 spiro atoms. The molecule has 0 bridgehead atoms. The molecule has 2 atom stereocenters. The van der Waals surface area contributed by atoms with Crippen molar-refractivity contribution in [2.24, 2.45) is 5.73 Å². The molecular weight excluding hydrogens is 237 g/mol. The molecule has 3 heteroatoms. The van der Waals surface area contributed by atoms with Crippen LogP contribution in [-0.2, 0) is 0 Å². The molecule has 2 unspecified atom stereocenters. The van der Waals surface area contributed by atoms with E-state index in [4.69, 9.17) is 5.73 Å². The van der Waals surface area contributed by atoms with Gasteiger partial charge in [0.1, 0.15) is 0 Å². The Balaban J connectivity index is 3.06. The van der Waals surface area contributed by atoms with Gasteiger partial charge in [-0.25, -0.2) is 0 Å². The van der Waals surface area contributed by atoms with Crippen LogP contribution in [0.4, 0.5) is 0 Å². The van der Waals surface area contributed by atoms with Gasteiger partial charge in [0.25, 0.3) is 0 Å². The van der Waals surface area contributed by atoms with Crippen LogP contribution in [0.5, 0.6) is 0 Å². The molecule has 2 radical (unpaired) electrons. The third-order valence-corrected chi connectivity index (χ3v) is 5.33. The van der Waals surface area contributed by atoms with Crippen molar-refractivity contribution < 1.29 is 0 Å². The van der Waals surface area contributed by atoms with Crippen LogP contribution >= 0.6 is 11.8 Å². The number of hydrogen-bond donors (Lipinski definition) is 1. The van der Waals surface area contributed by atoms with Crippen LogP contribution in [0.2, 0.25) is 0 Å². The van der Waals surface area contributed by atoms with Crippen LogP contribution < -0.4 is 5.73 Å². The van der Waals surface area contributed by atoms with E-state index in [0.717, 1.165) is 3.27 Å². The van der Waals surface area contributed by atoms with Crippen molar-refractivity contribution in [3.05, 3.63) is 0 Å². The predicted octanol–water partition coefficient (Wildman–Crippen LogP) is 0.704. The summed E-state index contributed by atoms with van der Waals surface area (Å²) in [6, 6.07) is 0.395. The Morgan fingerprint density at radius 2 is 2.11 bits per heavy atom. The van der Waals surface area contributed by atoms with Gasteiger partial charge in [0, 0.05) is 0 Å². The number of thioether (sulfide) groups is 1. The fourth-order valence-corrected chi connectivity index (χ4v) is 1.47. The normalized spacial score (nSPS) is 17.3. The van der Waals surface area contributed by atoms with Gasteiger partial charge in [-0.15, -0.1) is 0 Å². The van der Waals surface area contributed by atoms with Crippen LogP contribution in [0.15, 0.2) is 0 Å². The van der Waals surface area contributed by atoms with Crippen LogP contribution in [-0.4, -0.2) is 38.1 Å². The van der Waals surface area contributed by atoms with Gasteiger partial charge in [0.15, 0.2) is 0 Å². The topological polar surface area (TPSA) is 26.0 Å². The molecule has 0 aliphatic heterocycles. The molecule has 54 valence electrons. The molecule has 0 aliphatic rings. The van der Waals surface area contributed by atoms with E-state index in [1.165, 1.54) is 35.4 Å². The van der Waals surface area contributed by atoms with E-state index < -0.39 is 0 Å². The summed E-state index contributed by atoms with van der Waals surface area (Å²) in [5.74, 6) is 0. The van der Waals surface area contributed by atoms with Gasteiger partial charge in [0.2, 0.25) is 0 Å². The molecule has 0 aliphatic carbocycles. The van der Waals surface area contributed by atoms with E-state index in [1.807, 2.05) is 11.8 Å². The monoisotopic (exact) mass is 253 g/mol. The van der Waals surface area contributed by atoms with Gasteiger partial charge in [0.05, 0.1) is 0 Å². The number of nitrogens with two attached hydrogens (primary N) is 1. The van der Waals surface area contributed by atoms with Gasteiger partial charge in [-0.05, 0) is 0 Å². The summed E-state index contributed by atoms with van der Waals surface area (Å²) in [6.45, 7) is 2.08. The van der Waals surface area contributed by atoms with E-state index >= 15 is 0 Å². The van der Waals surface area contributed by atoms with Crippen molar-refractivity contribution >= 4 is 34.3 Å². The quantitative estimate of drug-likeness (QED) is 0.745. The van der Waals surface area contributed by atoms with E-state index in [2.05, 4.69) is 13.2 Å². The third kappa shape index (κ3) is 7.00. The van der Waals surface area contributed by atoms with Crippen molar-refractivity contribution in [2.75, 3.05) is 6.26 Å². The second-order valence-corrected chi connectivity index (χ2v) is 7.08. The molecule has 0 rings (SSSR count). The van der Waals surface area contributed by atoms with Crippen LogP contribution in [0, 0.1) is 0 Å². The first-order valence-corrected chi connectivity index (χ1v) is 6.40. The van der Waals surface area contributed by atoms with Gasteiger partial charge in [-0.2, -0.15) is 0 Å². The zero-order chi connectivity index (χ0) is 7.28. The van der Waals surface area contributed by atoms with Gasteiger partial charge >= 0.3 is 75.3 Å². The Kier molecular flexibility index (Phi) is 6.58. The van der Waals surface area contributed by atoms with E-state index in [-0.39, 0.29) is 0 Å². The fraction of sp³-hybridized carbons (Fsp3) is 1.00. The van der Waals surface area contributed by atoms with Crippen LogP contribution in [0.1, 0.15) is 19.8 Å². The summed E-state index contributed by atoms with van der Waals surface area (Å²) < 4.78 is 0.904. The Morgan fingerprint density at radius 3 is 2.44 bits per heavy atom. The van der Waals surface area contributed by atoms with Gasteiger partial charge in [-0.1, -0.05) is 0 Å². The van der Waals surface area contributed by atoms with E-state index in [9.17, 15) is 0 Å². The van der Waals surface area contributed by atoms with Crippen molar-refractivity contribution in [3.63, 3.8) is 0 Å². The molecule has 0 aromatic heterocycles. The van der Waals surface area contributed by atoms with E-state index in [1.54, 1.807) is 0 Å². The minimum absolute atomic E-state index is 0.395. The average molecular weight is 252 g/mol. The van der Waals surface area contributed by atoms with Gasteiger partial charge < -0.3 is 0 Å². The Labute approximate surface area is 75.2 Å². The molecule has 0 saturated heterocycles. The first-order chi connectivity index (χ1) is 4.16. The maximum absolute atomic E-state index is 5.60. The van der Waals surface area contributed by atoms with Crippen molar-refractivity contribution in [2.45, 2.75) is 29.1 Å². The summed E-state index contributed by atoms with van der Waals surface area (Å²) in [5.41, 5.74) is 5.60. The summed E-state index contributed by atoms with van der Waals surface area (Å²) in [6.07, 6.45) is 4.67. The molecule has 0 fully saturated rings. The predicted molar refractivity (Wildman–Crippen MR) is 47.3 cm³/mol. The van der Waals surface area contributed by atoms with Gasteiger partial charge in [-0.3, -0.25) is 0 Å². The molecule has 0 heterocycles. The molecule has 2 N–H and O–H groups in total. The van der Waals surface area contributed by atoms with Crippen LogP contribution in [0.25, 0.3) is 0 Å². The molecule has 1 nitrogen and oxygen atoms in total. The third-order valence-electron chi connectivity index (χ3n) is 1.21. The first kappa shape index (κ1) is 10.1. The SMILES string of the molecule is CS[CH]([SnH])CCC(C)N. The molecule has 9 heavy (non-hydrogen) atoms. The number of rotatable bonds is 4. The van der Waals surface area contributed by atoms with E-state index in [0.29, 0.717) is 6.04 Å². The van der Waals surface area contributed by atoms with Crippen molar-refractivity contribution in [1.82, 2.24) is 0 Å². The summed E-state index contributed by atoms with van der Waals surface area (Å²) in [4.78, 5) is 0. The summed E-state index contributed by atoms with van der Waals surface area (Å²) in [7, 11) is 0. The van der Waals surface area contributed by atoms with Crippen molar-refractivity contribution in [3.8, 4) is 0 Å². The van der Waals surface area contributed by atoms with Crippen molar-refractivity contribution in [1.29, 1.82) is 0 Å². The first-order valence-electron chi connectivity index (χ1n) is 3.20. The molecule has 0 aromatic rings. The maximum atomic E-state index is 5.60. The Bertz CT molecular complexity index is 68.1. The average Bonchev–Trinajstić information content (AvgIpc) is 1.83. The zero-order valence-electron chi connectivity index (χ0n) is 6.13. The minimum atomic E-state index is 0.395. The number of hydrogen-bond acceptors (Lipinski definition) is 2. The van der Waals surface area contributed by atoms with Crippen LogP contribution in [0.3, 0.4) is 0 Å². The standard InChI is InChI=1S/C6H14NS.Sn.H/c1-6(7)4-3-5-8-2;;/h5-6H,3-4,7H2,1-2H3;;. The Hall–Kier alpha value is 1.11. The fourth-order valence-electron chi connectivity index (χ4n) is 0.545.